The number of carbonyl (C=O) groups excluding carboxylic acids is 2. The number of benzene rings is 2. The Morgan fingerprint density at radius 2 is 1.15 bits per heavy atom. The van der Waals surface area contributed by atoms with Gasteiger partial charge in [0.15, 0.2) is 0 Å². The van der Waals surface area contributed by atoms with Gasteiger partial charge in [0.1, 0.15) is 0 Å². The van der Waals surface area contributed by atoms with Crippen molar-refractivity contribution in [1.82, 2.24) is 0 Å². The van der Waals surface area contributed by atoms with Crippen molar-refractivity contribution in [2.24, 2.45) is 0 Å². The first-order valence-electron chi connectivity index (χ1n) is 9.17. The van der Waals surface area contributed by atoms with E-state index in [-0.39, 0.29) is 11.8 Å². The SMILES string of the molecule is Cc1ccc(C)c(NC(=O)CCSCCC(=O)Nc2cc(C)ccc2C)c1. The van der Waals surface area contributed by atoms with E-state index in [0.717, 1.165) is 33.6 Å². The van der Waals surface area contributed by atoms with Crippen molar-refractivity contribution in [2.75, 3.05) is 22.1 Å². The normalized spacial score (nSPS) is 10.5. The highest BCUT2D eigenvalue weighted by Crippen LogP contribution is 2.18. The molecule has 0 heterocycles. The van der Waals surface area contributed by atoms with Crippen LogP contribution in [0.25, 0.3) is 0 Å². The van der Waals surface area contributed by atoms with Crippen LogP contribution in [0.4, 0.5) is 11.4 Å². The smallest absolute Gasteiger partial charge is 0.225 e. The van der Waals surface area contributed by atoms with Crippen molar-refractivity contribution in [3.05, 3.63) is 58.7 Å². The van der Waals surface area contributed by atoms with Crippen LogP contribution in [0.1, 0.15) is 35.1 Å². The molecule has 0 bridgehead atoms. The fourth-order valence-electron chi connectivity index (χ4n) is 2.60. The van der Waals surface area contributed by atoms with Crippen LogP contribution in [-0.2, 0) is 9.59 Å². The maximum Gasteiger partial charge on any atom is 0.225 e. The van der Waals surface area contributed by atoms with Crippen molar-refractivity contribution >= 4 is 35.0 Å². The summed E-state index contributed by atoms with van der Waals surface area (Å²) in [6, 6.07) is 12.0. The maximum atomic E-state index is 12.1. The predicted octanol–water partition coefficient (Wildman–Crippen LogP) is 5.01. The summed E-state index contributed by atoms with van der Waals surface area (Å²) in [5.74, 6) is 1.42. The van der Waals surface area contributed by atoms with Crippen LogP contribution in [0.2, 0.25) is 0 Å². The van der Waals surface area contributed by atoms with Crippen LogP contribution < -0.4 is 10.6 Å². The summed E-state index contributed by atoms with van der Waals surface area (Å²) in [4.78, 5) is 24.2. The lowest BCUT2D eigenvalue weighted by Gasteiger charge is -2.10. The van der Waals surface area contributed by atoms with Gasteiger partial charge in [0, 0.05) is 35.7 Å². The highest BCUT2D eigenvalue weighted by molar-refractivity contribution is 7.99. The lowest BCUT2D eigenvalue weighted by molar-refractivity contribution is -0.116. The van der Waals surface area contributed by atoms with Crippen LogP contribution >= 0.6 is 11.8 Å². The fourth-order valence-corrected chi connectivity index (χ4v) is 3.46. The third kappa shape index (κ3) is 7.10. The number of nitrogens with one attached hydrogen (secondary N) is 2. The van der Waals surface area contributed by atoms with Gasteiger partial charge in [-0.3, -0.25) is 9.59 Å². The van der Waals surface area contributed by atoms with Crippen LogP contribution in [0.15, 0.2) is 36.4 Å². The molecule has 27 heavy (non-hydrogen) atoms. The van der Waals surface area contributed by atoms with Gasteiger partial charge >= 0.3 is 0 Å². The van der Waals surface area contributed by atoms with E-state index in [0.29, 0.717) is 24.3 Å². The number of carbonyl (C=O) groups is 2. The highest BCUT2D eigenvalue weighted by atomic mass is 32.2. The van der Waals surface area contributed by atoms with Gasteiger partial charge in [-0.25, -0.2) is 0 Å². The maximum absolute atomic E-state index is 12.1. The molecule has 2 aromatic carbocycles. The van der Waals surface area contributed by atoms with Gasteiger partial charge in [0.05, 0.1) is 0 Å². The monoisotopic (exact) mass is 384 g/mol. The number of thioether (sulfide) groups is 1. The summed E-state index contributed by atoms with van der Waals surface area (Å²) in [5, 5.41) is 5.93. The Bertz CT molecular complexity index is 750. The summed E-state index contributed by atoms with van der Waals surface area (Å²) >= 11 is 1.62. The summed E-state index contributed by atoms with van der Waals surface area (Å²) in [6.45, 7) is 7.99. The molecular weight excluding hydrogens is 356 g/mol. The van der Waals surface area contributed by atoms with E-state index in [1.54, 1.807) is 11.8 Å². The zero-order chi connectivity index (χ0) is 19.8. The number of rotatable bonds is 8. The van der Waals surface area contributed by atoms with Gasteiger partial charge in [-0.05, 0) is 62.1 Å². The van der Waals surface area contributed by atoms with E-state index in [1.807, 2.05) is 64.1 Å². The molecule has 0 aliphatic carbocycles. The molecule has 0 aromatic heterocycles. The Labute approximate surface area is 166 Å². The molecule has 0 aliphatic rings. The van der Waals surface area contributed by atoms with Crippen molar-refractivity contribution in [3.8, 4) is 0 Å². The fraction of sp³-hybridized carbons (Fsp3) is 0.364. The largest absolute Gasteiger partial charge is 0.326 e. The van der Waals surface area contributed by atoms with Crippen LogP contribution in [0.3, 0.4) is 0 Å². The molecule has 0 saturated heterocycles. The standard InChI is InChI=1S/C22H28N2O2S/c1-15-5-7-17(3)19(13-15)23-21(25)9-11-27-12-10-22(26)24-20-14-16(2)6-8-18(20)4/h5-8,13-14H,9-12H2,1-4H3,(H,23,25)(H,24,26). The summed E-state index contributed by atoms with van der Waals surface area (Å²) in [6.07, 6.45) is 0.882. The second-order valence-electron chi connectivity index (χ2n) is 6.85. The number of anilines is 2. The van der Waals surface area contributed by atoms with E-state index in [2.05, 4.69) is 10.6 Å². The van der Waals surface area contributed by atoms with Crippen molar-refractivity contribution in [3.63, 3.8) is 0 Å². The quantitative estimate of drug-likeness (QED) is 0.629. The minimum absolute atomic E-state index is 0.0102. The average molecular weight is 385 g/mol. The Morgan fingerprint density at radius 3 is 1.56 bits per heavy atom. The molecule has 0 saturated carbocycles. The van der Waals surface area contributed by atoms with Crippen molar-refractivity contribution in [1.29, 1.82) is 0 Å². The van der Waals surface area contributed by atoms with Gasteiger partial charge in [0.25, 0.3) is 0 Å². The molecule has 2 N–H and O–H groups in total. The van der Waals surface area contributed by atoms with E-state index in [4.69, 9.17) is 0 Å². The Morgan fingerprint density at radius 1 is 0.741 bits per heavy atom. The van der Waals surface area contributed by atoms with Gasteiger partial charge in [-0.15, -0.1) is 0 Å². The Balaban J connectivity index is 1.66. The van der Waals surface area contributed by atoms with Gasteiger partial charge in [0.2, 0.25) is 11.8 Å². The van der Waals surface area contributed by atoms with Crippen molar-refractivity contribution < 1.29 is 9.59 Å². The van der Waals surface area contributed by atoms with Crippen LogP contribution in [-0.4, -0.2) is 23.3 Å². The van der Waals surface area contributed by atoms with E-state index in [9.17, 15) is 9.59 Å². The molecule has 0 unspecified atom stereocenters. The van der Waals surface area contributed by atoms with E-state index in [1.165, 1.54) is 0 Å². The van der Waals surface area contributed by atoms with Crippen molar-refractivity contribution in [2.45, 2.75) is 40.5 Å². The van der Waals surface area contributed by atoms with Crippen LogP contribution in [0.5, 0.6) is 0 Å². The number of amides is 2. The van der Waals surface area contributed by atoms with Gasteiger partial charge < -0.3 is 10.6 Å². The highest BCUT2D eigenvalue weighted by Gasteiger charge is 2.07. The number of aryl methyl sites for hydroxylation is 4. The van der Waals surface area contributed by atoms with Gasteiger partial charge in [-0.1, -0.05) is 24.3 Å². The Kier molecular flexibility index (Phi) is 7.92. The zero-order valence-corrected chi connectivity index (χ0v) is 17.3. The average Bonchev–Trinajstić information content (AvgIpc) is 2.61. The minimum atomic E-state index is 0.0102. The predicted molar refractivity (Wildman–Crippen MR) is 116 cm³/mol. The van der Waals surface area contributed by atoms with Crippen LogP contribution in [0, 0.1) is 27.7 Å². The second kappa shape index (κ2) is 10.2. The topological polar surface area (TPSA) is 58.2 Å². The molecule has 0 atom stereocenters. The number of hydrogen-bond acceptors (Lipinski definition) is 3. The lowest BCUT2D eigenvalue weighted by atomic mass is 10.1. The molecule has 5 heteroatoms. The van der Waals surface area contributed by atoms with Gasteiger partial charge in [-0.2, -0.15) is 11.8 Å². The Hall–Kier alpha value is -2.27. The lowest BCUT2D eigenvalue weighted by Crippen LogP contribution is -2.15. The molecule has 4 nitrogen and oxygen atoms in total. The molecule has 2 amide bonds. The minimum Gasteiger partial charge on any atom is -0.326 e. The molecule has 0 fully saturated rings. The second-order valence-corrected chi connectivity index (χ2v) is 8.07. The first-order chi connectivity index (χ1) is 12.8. The molecule has 144 valence electrons. The summed E-state index contributed by atoms with van der Waals surface area (Å²) < 4.78 is 0. The molecular formula is C22H28N2O2S. The first-order valence-corrected chi connectivity index (χ1v) is 10.3. The molecule has 0 radical (unpaired) electrons. The third-order valence-electron chi connectivity index (χ3n) is 4.28. The zero-order valence-electron chi connectivity index (χ0n) is 16.5. The molecule has 2 aromatic rings. The molecule has 0 spiro atoms. The number of hydrogen-bond donors (Lipinski definition) is 2. The summed E-state index contributed by atoms with van der Waals surface area (Å²) in [7, 11) is 0. The molecule has 0 aliphatic heterocycles. The third-order valence-corrected chi connectivity index (χ3v) is 5.27. The summed E-state index contributed by atoms with van der Waals surface area (Å²) in [5.41, 5.74) is 6.12. The van der Waals surface area contributed by atoms with E-state index < -0.39 is 0 Å². The first kappa shape index (κ1) is 21.0. The van der Waals surface area contributed by atoms with E-state index >= 15 is 0 Å². The molecule has 2 rings (SSSR count).